The van der Waals surface area contributed by atoms with Crippen LogP contribution >= 0.6 is 0 Å². The Balaban J connectivity index is 1.20. The molecule has 36 heavy (non-hydrogen) atoms. The van der Waals surface area contributed by atoms with E-state index in [1.807, 2.05) is 13.0 Å². The van der Waals surface area contributed by atoms with Crippen molar-refractivity contribution in [1.29, 1.82) is 0 Å². The zero-order chi connectivity index (χ0) is 25.5. The van der Waals surface area contributed by atoms with Gasteiger partial charge in [0.05, 0.1) is 30.0 Å². The fourth-order valence-electron chi connectivity index (χ4n) is 9.44. The molecule has 12 atom stereocenters. The summed E-state index contributed by atoms with van der Waals surface area (Å²) in [7, 11) is 0. The predicted molar refractivity (Wildman–Crippen MR) is 131 cm³/mol. The lowest BCUT2D eigenvalue weighted by atomic mass is 9.42. The molecule has 0 aromatic heterocycles. The second-order valence-corrected chi connectivity index (χ2v) is 13.0. The number of esters is 1. The normalized spacial score (nSPS) is 54.3. The highest BCUT2D eigenvalue weighted by atomic mass is 16.7. The molecule has 6 rings (SSSR count). The van der Waals surface area contributed by atoms with Crippen molar-refractivity contribution in [2.24, 2.45) is 34.5 Å². The average Bonchev–Trinajstić information content (AvgIpc) is 3.38. The second kappa shape index (κ2) is 8.63. The monoisotopic (exact) mass is 502 g/mol. The first-order valence-corrected chi connectivity index (χ1v) is 14.0. The standard InChI is InChI=1S/C29H42O7/c1-16-23(30)6-7-26(35-16)36-19-8-10-27(2)18(13-19)4-5-21-22(27)14-24(31)28(3)20(9-11-29(21,28)33)17-12-25(32)34-15-17/h6-7,12,16,18-24,26,30-31,33H,4-5,8-11,13-15H2,1-3H3/t16-,18-,19+,20-,21-,22+,23+,24-,26-,27+,28+,29+/m1/s1. The van der Waals surface area contributed by atoms with Crippen molar-refractivity contribution < 1.29 is 34.3 Å². The van der Waals surface area contributed by atoms with Crippen LogP contribution in [-0.2, 0) is 19.0 Å². The van der Waals surface area contributed by atoms with Crippen molar-refractivity contribution in [3.63, 3.8) is 0 Å². The molecule has 0 aromatic rings. The van der Waals surface area contributed by atoms with Gasteiger partial charge in [0.1, 0.15) is 6.61 Å². The molecule has 7 heteroatoms. The van der Waals surface area contributed by atoms with Crippen LogP contribution in [0.2, 0.25) is 0 Å². The van der Waals surface area contributed by atoms with Gasteiger partial charge in [-0.25, -0.2) is 4.79 Å². The van der Waals surface area contributed by atoms with Gasteiger partial charge in [-0.15, -0.1) is 0 Å². The van der Waals surface area contributed by atoms with E-state index in [-0.39, 0.29) is 48.0 Å². The first-order chi connectivity index (χ1) is 17.1. The van der Waals surface area contributed by atoms with Gasteiger partial charge in [-0.05, 0) is 99.0 Å². The fourth-order valence-corrected chi connectivity index (χ4v) is 9.44. The van der Waals surface area contributed by atoms with E-state index < -0.39 is 29.5 Å². The molecule has 0 radical (unpaired) electrons. The molecule has 0 aromatic carbocycles. The summed E-state index contributed by atoms with van der Waals surface area (Å²) in [4.78, 5) is 11.8. The smallest absolute Gasteiger partial charge is 0.331 e. The molecule has 0 bridgehead atoms. The zero-order valence-electron chi connectivity index (χ0n) is 21.8. The quantitative estimate of drug-likeness (QED) is 0.402. The summed E-state index contributed by atoms with van der Waals surface area (Å²) < 4.78 is 17.4. The molecule has 4 aliphatic carbocycles. The molecule has 0 spiro atoms. The third-order valence-corrected chi connectivity index (χ3v) is 11.7. The van der Waals surface area contributed by atoms with Gasteiger partial charge in [0.15, 0.2) is 6.29 Å². The van der Waals surface area contributed by atoms with Crippen molar-refractivity contribution in [3.8, 4) is 0 Å². The highest BCUT2D eigenvalue weighted by molar-refractivity contribution is 5.85. The second-order valence-electron chi connectivity index (χ2n) is 13.0. The van der Waals surface area contributed by atoms with Gasteiger partial charge < -0.3 is 29.5 Å². The number of aliphatic hydroxyl groups excluding tert-OH is 2. The van der Waals surface area contributed by atoms with E-state index in [9.17, 15) is 20.1 Å². The minimum atomic E-state index is -0.939. The van der Waals surface area contributed by atoms with Crippen molar-refractivity contribution in [3.05, 3.63) is 23.8 Å². The fraction of sp³-hybridized carbons (Fsp3) is 0.828. The Morgan fingerprint density at radius 2 is 1.83 bits per heavy atom. The lowest BCUT2D eigenvalue weighted by Crippen LogP contribution is -2.67. The molecule has 4 fully saturated rings. The summed E-state index contributed by atoms with van der Waals surface area (Å²) in [6.07, 6.45) is 10.5. The number of hydrogen-bond donors (Lipinski definition) is 3. The Hall–Kier alpha value is -1.25. The first kappa shape index (κ1) is 25.1. The van der Waals surface area contributed by atoms with Gasteiger partial charge in [0.2, 0.25) is 0 Å². The zero-order valence-corrected chi connectivity index (χ0v) is 21.8. The number of cyclic esters (lactones) is 1. The molecular formula is C29H42O7. The molecule has 2 heterocycles. The molecule has 6 aliphatic rings. The highest BCUT2D eigenvalue weighted by Gasteiger charge is 2.70. The van der Waals surface area contributed by atoms with Crippen LogP contribution in [0.25, 0.3) is 0 Å². The van der Waals surface area contributed by atoms with E-state index in [1.54, 1.807) is 12.2 Å². The predicted octanol–water partition coefficient (Wildman–Crippen LogP) is 3.26. The van der Waals surface area contributed by atoms with Crippen molar-refractivity contribution in [2.75, 3.05) is 6.61 Å². The van der Waals surface area contributed by atoms with Crippen LogP contribution in [0.3, 0.4) is 0 Å². The largest absolute Gasteiger partial charge is 0.458 e. The lowest BCUT2D eigenvalue weighted by molar-refractivity contribution is -0.251. The third kappa shape index (κ3) is 3.53. The van der Waals surface area contributed by atoms with Gasteiger partial charge in [-0.1, -0.05) is 19.9 Å². The molecule has 7 nitrogen and oxygen atoms in total. The van der Waals surface area contributed by atoms with Crippen LogP contribution in [0, 0.1) is 34.5 Å². The number of carbonyl (C=O) groups is 1. The topological polar surface area (TPSA) is 105 Å². The summed E-state index contributed by atoms with van der Waals surface area (Å²) in [5.74, 6) is 0.567. The maximum Gasteiger partial charge on any atom is 0.331 e. The first-order valence-electron chi connectivity index (χ1n) is 14.0. The SMILES string of the molecule is C[C@H]1O[C@H](O[C@H]2CC[C@@]3(C)[C@H](CC[C@@H]4[C@@H]3C[C@@H](O)[C@]3(C)[C@@H](C5=CC(=O)OC5)CC[C@]43O)C2)C=C[C@@H]1O. The maximum absolute atomic E-state index is 12.4. The Morgan fingerprint density at radius 1 is 1.03 bits per heavy atom. The molecule has 3 N–H and O–H groups in total. The Labute approximate surface area is 213 Å². The van der Waals surface area contributed by atoms with Gasteiger partial charge in [0.25, 0.3) is 0 Å². The van der Waals surface area contributed by atoms with E-state index in [0.29, 0.717) is 18.8 Å². The van der Waals surface area contributed by atoms with Crippen molar-refractivity contribution in [1.82, 2.24) is 0 Å². The summed E-state index contributed by atoms with van der Waals surface area (Å²) >= 11 is 0. The van der Waals surface area contributed by atoms with E-state index >= 15 is 0 Å². The third-order valence-electron chi connectivity index (χ3n) is 11.7. The average molecular weight is 503 g/mol. The van der Waals surface area contributed by atoms with Gasteiger partial charge >= 0.3 is 5.97 Å². The van der Waals surface area contributed by atoms with Gasteiger partial charge in [0, 0.05) is 11.5 Å². The molecule has 2 aliphatic heterocycles. The van der Waals surface area contributed by atoms with Crippen LogP contribution in [-0.4, -0.2) is 64.2 Å². The Kier molecular flexibility index (Phi) is 6.01. The molecule has 0 unspecified atom stereocenters. The van der Waals surface area contributed by atoms with Gasteiger partial charge in [-0.3, -0.25) is 0 Å². The molecular weight excluding hydrogens is 460 g/mol. The number of fused-ring (bicyclic) bond motifs is 5. The summed E-state index contributed by atoms with van der Waals surface area (Å²) in [5.41, 5.74) is -0.610. The number of carbonyl (C=O) groups excluding carboxylic acids is 1. The van der Waals surface area contributed by atoms with Crippen LogP contribution in [0.1, 0.15) is 72.1 Å². The number of aliphatic hydroxyl groups is 3. The Bertz CT molecular complexity index is 961. The van der Waals surface area contributed by atoms with E-state index in [1.165, 1.54) is 0 Å². The van der Waals surface area contributed by atoms with Gasteiger partial charge in [-0.2, -0.15) is 0 Å². The number of hydrogen-bond acceptors (Lipinski definition) is 7. The Morgan fingerprint density at radius 3 is 2.56 bits per heavy atom. The lowest BCUT2D eigenvalue weighted by Gasteiger charge is -2.65. The van der Waals surface area contributed by atoms with Crippen molar-refractivity contribution in [2.45, 2.75) is 108 Å². The minimum Gasteiger partial charge on any atom is -0.458 e. The van der Waals surface area contributed by atoms with Crippen LogP contribution in [0.5, 0.6) is 0 Å². The van der Waals surface area contributed by atoms with E-state index in [0.717, 1.165) is 44.1 Å². The number of rotatable bonds is 3. The molecule has 4 saturated carbocycles. The molecule has 200 valence electrons. The van der Waals surface area contributed by atoms with E-state index in [4.69, 9.17) is 14.2 Å². The van der Waals surface area contributed by atoms with Crippen LogP contribution in [0.4, 0.5) is 0 Å². The van der Waals surface area contributed by atoms with Crippen molar-refractivity contribution >= 4 is 5.97 Å². The molecule has 0 saturated heterocycles. The highest BCUT2D eigenvalue weighted by Crippen LogP contribution is 2.70. The van der Waals surface area contributed by atoms with E-state index in [2.05, 4.69) is 13.8 Å². The number of ether oxygens (including phenoxy) is 3. The maximum atomic E-state index is 12.4. The molecule has 0 amide bonds. The summed E-state index contributed by atoms with van der Waals surface area (Å²) in [6.45, 7) is 6.59. The minimum absolute atomic E-state index is 0.0241. The summed E-state index contributed by atoms with van der Waals surface area (Å²) in [6, 6.07) is 0. The van der Waals surface area contributed by atoms with Crippen LogP contribution < -0.4 is 0 Å². The summed E-state index contributed by atoms with van der Waals surface area (Å²) in [5, 5.41) is 33.9. The van der Waals surface area contributed by atoms with Crippen LogP contribution in [0.15, 0.2) is 23.8 Å².